The SMILES string of the molecule is CC(C)=CCc1cc(-c2cc(=O)c3c(O)cc(O)cc3o2)cc(O)c1O. The van der Waals surface area contributed by atoms with Crippen LogP contribution in [0.5, 0.6) is 23.0 Å². The van der Waals surface area contributed by atoms with Gasteiger partial charge in [0.1, 0.15) is 28.2 Å². The molecule has 1 aromatic heterocycles. The summed E-state index contributed by atoms with van der Waals surface area (Å²) >= 11 is 0. The van der Waals surface area contributed by atoms with Crippen LogP contribution in [0.2, 0.25) is 0 Å². The maximum atomic E-state index is 12.3. The molecule has 0 unspecified atom stereocenters. The molecular formula is C20H18O6. The van der Waals surface area contributed by atoms with Crippen LogP contribution in [0.3, 0.4) is 0 Å². The van der Waals surface area contributed by atoms with Gasteiger partial charge in [-0.15, -0.1) is 0 Å². The summed E-state index contributed by atoms with van der Waals surface area (Å²) in [5, 5.41) is 39.5. The summed E-state index contributed by atoms with van der Waals surface area (Å²) in [5.74, 6) is -1.04. The van der Waals surface area contributed by atoms with Crippen molar-refractivity contribution < 1.29 is 24.8 Å². The fourth-order valence-corrected chi connectivity index (χ4v) is 2.69. The van der Waals surface area contributed by atoms with Crippen molar-refractivity contribution in [2.24, 2.45) is 0 Å². The maximum Gasteiger partial charge on any atom is 0.197 e. The van der Waals surface area contributed by atoms with Crippen LogP contribution < -0.4 is 5.43 Å². The van der Waals surface area contributed by atoms with E-state index in [4.69, 9.17) is 4.42 Å². The predicted molar refractivity (Wildman–Crippen MR) is 97.7 cm³/mol. The van der Waals surface area contributed by atoms with E-state index in [0.29, 0.717) is 17.5 Å². The van der Waals surface area contributed by atoms with Crippen molar-refractivity contribution in [3.8, 4) is 34.3 Å². The van der Waals surface area contributed by atoms with Crippen LogP contribution in [0.4, 0.5) is 0 Å². The zero-order valence-electron chi connectivity index (χ0n) is 14.3. The van der Waals surface area contributed by atoms with Crippen molar-refractivity contribution in [2.75, 3.05) is 0 Å². The van der Waals surface area contributed by atoms with Gasteiger partial charge in [0.15, 0.2) is 16.9 Å². The Morgan fingerprint density at radius 1 is 1.00 bits per heavy atom. The number of phenols is 4. The first-order valence-corrected chi connectivity index (χ1v) is 7.94. The fraction of sp³-hybridized carbons (Fsp3) is 0.150. The minimum absolute atomic E-state index is 0.0170. The lowest BCUT2D eigenvalue weighted by Gasteiger charge is -2.10. The average molecular weight is 354 g/mol. The third-order valence-corrected chi connectivity index (χ3v) is 3.98. The van der Waals surface area contributed by atoms with E-state index < -0.39 is 5.43 Å². The molecule has 0 bridgehead atoms. The highest BCUT2D eigenvalue weighted by molar-refractivity contribution is 5.86. The van der Waals surface area contributed by atoms with Gasteiger partial charge in [-0.1, -0.05) is 11.6 Å². The molecule has 0 aliphatic carbocycles. The minimum Gasteiger partial charge on any atom is -0.508 e. The van der Waals surface area contributed by atoms with E-state index in [0.717, 1.165) is 11.6 Å². The molecule has 4 N–H and O–H groups in total. The highest BCUT2D eigenvalue weighted by Crippen LogP contribution is 2.36. The van der Waals surface area contributed by atoms with Gasteiger partial charge in [0.25, 0.3) is 0 Å². The summed E-state index contributed by atoms with van der Waals surface area (Å²) in [5.41, 5.74) is 1.44. The Kier molecular flexibility index (Phi) is 4.34. The third kappa shape index (κ3) is 3.21. The number of phenolic OH excluding ortho intramolecular Hbond substituents is 4. The van der Waals surface area contributed by atoms with E-state index in [2.05, 4.69) is 0 Å². The number of fused-ring (bicyclic) bond motifs is 1. The predicted octanol–water partition coefficient (Wildman–Crippen LogP) is 3.79. The molecule has 0 spiro atoms. The Bertz CT molecular complexity index is 1090. The van der Waals surface area contributed by atoms with Gasteiger partial charge in [-0.2, -0.15) is 0 Å². The maximum absolute atomic E-state index is 12.3. The molecule has 6 nitrogen and oxygen atoms in total. The van der Waals surface area contributed by atoms with E-state index >= 15 is 0 Å². The Morgan fingerprint density at radius 2 is 1.73 bits per heavy atom. The first kappa shape index (κ1) is 17.4. The molecule has 0 radical (unpaired) electrons. The monoisotopic (exact) mass is 354 g/mol. The van der Waals surface area contributed by atoms with Crippen LogP contribution in [-0.2, 0) is 6.42 Å². The molecule has 0 aliphatic rings. The molecule has 2 aromatic carbocycles. The number of aromatic hydroxyl groups is 4. The van der Waals surface area contributed by atoms with Gasteiger partial charge in [-0.05, 0) is 32.4 Å². The highest BCUT2D eigenvalue weighted by atomic mass is 16.3. The van der Waals surface area contributed by atoms with E-state index in [1.54, 1.807) is 6.07 Å². The summed E-state index contributed by atoms with van der Waals surface area (Å²) in [6.45, 7) is 3.84. The van der Waals surface area contributed by atoms with Crippen molar-refractivity contribution in [2.45, 2.75) is 20.3 Å². The van der Waals surface area contributed by atoms with Gasteiger partial charge in [0.05, 0.1) is 0 Å². The lowest BCUT2D eigenvalue weighted by Crippen LogP contribution is -2.01. The number of benzene rings is 2. The molecule has 0 amide bonds. The molecule has 1 heterocycles. The van der Waals surface area contributed by atoms with Gasteiger partial charge >= 0.3 is 0 Å². The quantitative estimate of drug-likeness (QED) is 0.421. The summed E-state index contributed by atoms with van der Waals surface area (Å²) in [4.78, 5) is 12.3. The van der Waals surface area contributed by atoms with Gasteiger partial charge in [0, 0.05) is 29.3 Å². The Balaban J connectivity index is 2.20. The molecule has 0 fully saturated rings. The third-order valence-electron chi connectivity index (χ3n) is 3.98. The molecule has 0 saturated heterocycles. The molecule has 0 atom stereocenters. The fourth-order valence-electron chi connectivity index (χ4n) is 2.69. The molecule has 0 saturated carbocycles. The highest BCUT2D eigenvalue weighted by Gasteiger charge is 2.15. The summed E-state index contributed by atoms with van der Waals surface area (Å²) < 4.78 is 5.64. The van der Waals surface area contributed by atoms with Crippen molar-refractivity contribution in [3.05, 3.63) is 57.8 Å². The molecule has 134 valence electrons. The number of allylic oxidation sites excluding steroid dienone is 2. The van der Waals surface area contributed by atoms with Gasteiger partial charge in [-0.3, -0.25) is 4.79 Å². The second-order valence-corrected chi connectivity index (χ2v) is 6.30. The standard InChI is InChI=1S/C20H18O6/c1-10(2)3-4-11-5-12(6-16(24)20(11)25)17-9-15(23)19-14(22)7-13(21)8-18(19)26-17/h3,5-9,21-22,24-25H,4H2,1-2H3. The second kappa shape index (κ2) is 6.48. The van der Waals surface area contributed by atoms with Crippen molar-refractivity contribution in [1.29, 1.82) is 0 Å². The van der Waals surface area contributed by atoms with Crippen molar-refractivity contribution in [3.63, 3.8) is 0 Å². The van der Waals surface area contributed by atoms with Gasteiger partial charge < -0.3 is 24.8 Å². The first-order chi connectivity index (χ1) is 12.3. The molecule has 3 rings (SSSR count). The van der Waals surface area contributed by atoms with E-state index in [1.165, 1.54) is 18.2 Å². The first-order valence-electron chi connectivity index (χ1n) is 7.94. The Morgan fingerprint density at radius 3 is 2.42 bits per heavy atom. The summed E-state index contributed by atoms with van der Waals surface area (Å²) in [6.07, 6.45) is 2.29. The topological polar surface area (TPSA) is 111 Å². The molecule has 6 heteroatoms. The number of hydrogen-bond donors (Lipinski definition) is 4. The zero-order valence-corrected chi connectivity index (χ0v) is 14.3. The Hall–Kier alpha value is -3.41. The summed E-state index contributed by atoms with van der Waals surface area (Å²) in [7, 11) is 0. The average Bonchev–Trinajstić information content (AvgIpc) is 2.54. The van der Waals surface area contributed by atoms with Crippen LogP contribution in [0.15, 0.2) is 51.2 Å². The van der Waals surface area contributed by atoms with E-state index in [-0.39, 0.29) is 39.7 Å². The largest absolute Gasteiger partial charge is 0.508 e. The molecule has 3 aromatic rings. The molecule has 0 aliphatic heterocycles. The zero-order chi connectivity index (χ0) is 19.0. The van der Waals surface area contributed by atoms with Crippen LogP contribution in [-0.4, -0.2) is 20.4 Å². The van der Waals surface area contributed by atoms with E-state index in [1.807, 2.05) is 19.9 Å². The number of rotatable bonds is 3. The lowest BCUT2D eigenvalue weighted by atomic mass is 10.0. The number of hydrogen-bond acceptors (Lipinski definition) is 6. The second-order valence-electron chi connectivity index (χ2n) is 6.30. The lowest BCUT2D eigenvalue weighted by molar-refractivity contribution is 0.400. The molecule has 26 heavy (non-hydrogen) atoms. The minimum atomic E-state index is -0.489. The van der Waals surface area contributed by atoms with Crippen LogP contribution in [0, 0.1) is 0 Å². The van der Waals surface area contributed by atoms with Crippen molar-refractivity contribution >= 4 is 11.0 Å². The van der Waals surface area contributed by atoms with Gasteiger partial charge in [-0.25, -0.2) is 0 Å². The van der Waals surface area contributed by atoms with Crippen LogP contribution in [0.25, 0.3) is 22.3 Å². The van der Waals surface area contributed by atoms with Crippen LogP contribution in [0.1, 0.15) is 19.4 Å². The summed E-state index contributed by atoms with van der Waals surface area (Å²) in [6, 6.07) is 6.37. The normalized spacial score (nSPS) is 10.8. The van der Waals surface area contributed by atoms with E-state index in [9.17, 15) is 25.2 Å². The molecular weight excluding hydrogens is 336 g/mol. The van der Waals surface area contributed by atoms with Gasteiger partial charge in [0.2, 0.25) is 0 Å². The smallest absolute Gasteiger partial charge is 0.197 e. The Labute approximate surface area is 148 Å². The van der Waals surface area contributed by atoms with Crippen LogP contribution >= 0.6 is 0 Å². The van der Waals surface area contributed by atoms with Crippen molar-refractivity contribution in [1.82, 2.24) is 0 Å².